The third-order valence-corrected chi connectivity index (χ3v) is 15.9. The predicted octanol–water partition coefficient (Wildman–Crippen LogP) is 8.73. The number of rotatable bonds is 41. The highest BCUT2D eigenvalue weighted by molar-refractivity contribution is 5.85. The Morgan fingerprint density at radius 1 is 0.558 bits per heavy atom. The Labute approximate surface area is 514 Å². The van der Waals surface area contributed by atoms with Crippen LogP contribution >= 0.6 is 0 Å². The van der Waals surface area contributed by atoms with Gasteiger partial charge in [0.2, 0.25) is 11.8 Å². The van der Waals surface area contributed by atoms with Crippen LogP contribution in [-0.2, 0) is 55.9 Å². The van der Waals surface area contributed by atoms with Gasteiger partial charge in [-0.25, -0.2) is 4.79 Å². The summed E-state index contributed by atoms with van der Waals surface area (Å²) in [5.41, 5.74) is 24.7. The van der Waals surface area contributed by atoms with Crippen molar-refractivity contribution >= 4 is 35.5 Å². The Bertz CT molecular complexity index is 2170. The molecule has 20 nitrogen and oxygen atoms in total. The van der Waals surface area contributed by atoms with Crippen LogP contribution in [0.4, 0.5) is 0 Å². The molecule has 0 spiro atoms. The molecule has 0 aliphatic carbocycles. The molecule has 20 heteroatoms. The number of carboxylic acids is 1. The lowest BCUT2D eigenvalue weighted by atomic mass is 9.78. The van der Waals surface area contributed by atoms with E-state index >= 15 is 0 Å². The smallest absolute Gasteiger partial charge is 0.373 e. The van der Waals surface area contributed by atoms with Gasteiger partial charge >= 0.3 is 12.1 Å². The summed E-state index contributed by atoms with van der Waals surface area (Å²) in [5, 5.41) is 29.7. The quantitative estimate of drug-likeness (QED) is 0.0242. The zero-order chi connectivity index (χ0) is 66.5. The summed E-state index contributed by atoms with van der Waals surface area (Å²) in [6.45, 7) is 28.9. The fraction of sp³-hybridized carbons (Fsp3) is 0.697. The van der Waals surface area contributed by atoms with Crippen LogP contribution in [0.2, 0.25) is 0 Å². The van der Waals surface area contributed by atoms with Crippen molar-refractivity contribution in [2.75, 3.05) is 54.9 Å². The molecule has 0 aromatic heterocycles. The normalized spacial score (nSPS) is 14.2. The molecule has 492 valence electrons. The third kappa shape index (κ3) is 33.4. The summed E-state index contributed by atoms with van der Waals surface area (Å²) in [4.78, 5) is 74.9. The lowest BCUT2D eigenvalue weighted by molar-refractivity contribution is -0.191. The van der Waals surface area contributed by atoms with Crippen LogP contribution in [-0.4, -0.2) is 130 Å². The van der Waals surface area contributed by atoms with Gasteiger partial charge in [-0.1, -0.05) is 102 Å². The number of amides is 2. The second kappa shape index (κ2) is 43.8. The maximum atomic E-state index is 13.0. The fourth-order valence-corrected chi connectivity index (χ4v) is 9.40. The molecule has 0 aliphatic heterocycles. The monoisotopic (exact) mass is 1220 g/mol. The number of aliphatic hydroxyl groups is 2. The summed E-state index contributed by atoms with van der Waals surface area (Å²) in [7, 11) is 6.59. The summed E-state index contributed by atoms with van der Waals surface area (Å²) >= 11 is 0. The van der Waals surface area contributed by atoms with Crippen LogP contribution in [0.25, 0.3) is 0 Å². The number of nitrogens with two attached hydrogens (primary N) is 4. The zero-order valence-electron chi connectivity index (χ0n) is 54.9. The molecular weight excluding hydrogens is 1100 g/mol. The number of methoxy groups -OCH3 is 4. The fourth-order valence-electron chi connectivity index (χ4n) is 9.40. The number of carbonyl (C=O) groups is 5. The minimum Gasteiger partial charge on any atom is -0.493 e. The number of ether oxygens (including phenoxy) is 6. The molecule has 0 saturated carbocycles. The minimum atomic E-state index is -0.981. The molecule has 0 aliphatic rings. The number of carboxylic acid groups (broad SMARTS) is 1. The van der Waals surface area contributed by atoms with Crippen LogP contribution in [0, 0.1) is 58.2 Å². The lowest BCUT2D eigenvalue weighted by Gasteiger charge is -2.30. The van der Waals surface area contributed by atoms with Gasteiger partial charge in [0, 0.05) is 93.9 Å². The van der Waals surface area contributed by atoms with Gasteiger partial charge in [-0.2, -0.15) is 9.59 Å². The van der Waals surface area contributed by atoms with Crippen LogP contribution in [0.3, 0.4) is 0 Å². The van der Waals surface area contributed by atoms with Gasteiger partial charge in [0.25, 0.3) is 0 Å². The Hall–Kier alpha value is -5.73. The van der Waals surface area contributed by atoms with Crippen molar-refractivity contribution in [1.82, 2.24) is 0 Å². The van der Waals surface area contributed by atoms with Gasteiger partial charge < -0.3 is 66.7 Å². The number of aliphatic hydroxyl groups excluding tert-OH is 2. The van der Waals surface area contributed by atoms with Crippen LogP contribution < -0.4 is 41.9 Å². The van der Waals surface area contributed by atoms with Crippen molar-refractivity contribution in [1.29, 1.82) is 0 Å². The summed E-state index contributed by atoms with van der Waals surface area (Å²) in [5.74, 6) is 1.66. The van der Waals surface area contributed by atoms with Crippen molar-refractivity contribution in [3.05, 3.63) is 60.2 Å². The third-order valence-electron chi connectivity index (χ3n) is 15.9. The van der Waals surface area contributed by atoms with Gasteiger partial charge in [-0.05, 0) is 122 Å². The number of benzene rings is 2. The van der Waals surface area contributed by atoms with Crippen LogP contribution in [0.5, 0.6) is 23.0 Å². The number of aliphatic carboxylic acids is 1. The molecule has 8 atom stereocenters. The van der Waals surface area contributed by atoms with E-state index in [1.807, 2.05) is 64.1 Å². The molecule has 2 aromatic rings. The molecule has 0 radical (unpaired) electrons. The van der Waals surface area contributed by atoms with Gasteiger partial charge in [-0.15, -0.1) is 0 Å². The van der Waals surface area contributed by atoms with Crippen molar-refractivity contribution in [2.24, 2.45) is 81.1 Å². The molecule has 2 rings (SSSR count). The summed E-state index contributed by atoms with van der Waals surface area (Å²) in [6.07, 6.45) is 5.77. The number of primary amides is 2. The van der Waals surface area contributed by atoms with Gasteiger partial charge in [0.05, 0.1) is 39.6 Å². The van der Waals surface area contributed by atoms with E-state index in [1.165, 1.54) is 0 Å². The first-order valence-corrected chi connectivity index (χ1v) is 30.1. The average Bonchev–Trinajstić information content (AvgIpc) is 3.31. The number of Topliss-reactive ketones (excluding diaryl/α,β-unsaturated/α-hetero) is 2. The standard InChI is InChI=1S/2C31H54N2O6.C3H4O2.CO2/c2*1-20(2)23(16-22-10-11-28(38-8)29(17-22)39-15-9-14-37-7)18-25(32)27(35)19-24(21(3)4)26(34)12-13-31(5,6)30(33)36;1-2-3(4)5;2-1-3/h2*10-11,17,20-21,23-25,27,35H,9,12-16,18-19,32H2,1-8H3,(H2,33,36);2H,1H2,(H,4,5);/t2*23-,24-,25-,27-;;/m00../s1. The first kappa shape index (κ1) is 82.3. The highest BCUT2D eigenvalue weighted by Gasteiger charge is 2.34. The van der Waals surface area contributed by atoms with E-state index in [2.05, 4.69) is 34.3 Å². The van der Waals surface area contributed by atoms with Crippen molar-refractivity contribution in [3.63, 3.8) is 0 Å². The Balaban J connectivity index is 0. The largest absolute Gasteiger partial charge is 0.493 e. The molecule has 2 amide bonds. The molecule has 0 unspecified atom stereocenters. The molecule has 0 saturated heterocycles. The molecule has 2 aromatic carbocycles. The molecule has 0 heterocycles. The zero-order valence-corrected chi connectivity index (χ0v) is 54.9. The summed E-state index contributed by atoms with van der Waals surface area (Å²) < 4.78 is 33.0. The van der Waals surface area contributed by atoms with Crippen molar-refractivity contribution in [2.45, 2.75) is 184 Å². The predicted molar refractivity (Wildman–Crippen MR) is 334 cm³/mol. The molecule has 0 bridgehead atoms. The lowest BCUT2D eigenvalue weighted by Crippen LogP contribution is -2.41. The van der Waals surface area contributed by atoms with E-state index in [0.29, 0.717) is 99.8 Å². The van der Waals surface area contributed by atoms with Gasteiger partial charge in [-0.3, -0.25) is 19.2 Å². The minimum absolute atomic E-state index is 0.0437. The molecule has 11 N–H and O–H groups in total. The topological polar surface area (TPSA) is 340 Å². The van der Waals surface area contributed by atoms with Crippen molar-refractivity contribution < 1.29 is 77.3 Å². The van der Waals surface area contributed by atoms with E-state index in [4.69, 9.17) is 66.1 Å². The average molecular weight is 1220 g/mol. The second-order valence-corrected chi connectivity index (χ2v) is 24.9. The molecular formula is C66H112N4O16. The highest BCUT2D eigenvalue weighted by Crippen LogP contribution is 2.35. The SMILES string of the molecule is C=CC(=O)O.COCCCOc1cc(C[C@@H](C[C@H](N)[C@@H](O)C[C@H](C(=O)CCC(C)(C)C(N)=O)C(C)C)C(C)C)ccc1OC.COCCCOc1cc(C[C@@H](C[C@H](N)[C@@H](O)C[C@H](C(=O)CCC(C)(C)C(N)=O)C(C)C)C(C)C)ccc1OC.O=C=O. The Kier molecular flexibility index (Phi) is 42.0. The highest BCUT2D eigenvalue weighted by atomic mass is 16.5. The van der Waals surface area contributed by atoms with Gasteiger partial charge in [0.15, 0.2) is 23.0 Å². The second-order valence-electron chi connectivity index (χ2n) is 24.9. The van der Waals surface area contributed by atoms with E-state index in [1.54, 1.807) is 56.1 Å². The van der Waals surface area contributed by atoms with E-state index in [9.17, 15) is 34.2 Å². The number of carbonyl (C=O) groups excluding carboxylic acids is 6. The number of hydrogen-bond acceptors (Lipinski definition) is 17. The molecule has 86 heavy (non-hydrogen) atoms. The molecule has 0 fully saturated rings. The van der Waals surface area contributed by atoms with Crippen LogP contribution in [0.1, 0.15) is 158 Å². The van der Waals surface area contributed by atoms with E-state index in [-0.39, 0.29) is 66.1 Å². The number of ketones is 2. The Morgan fingerprint density at radius 2 is 0.872 bits per heavy atom. The van der Waals surface area contributed by atoms with Crippen LogP contribution in [0.15, 0.2) is 49.1 Å². The maximum Gasteiger partial charge on any atom is 0.373 e. The maximum absolute atomic E-state index is 13.0. The Morgan fingerprint density at radius 3 is 1.12 bits per heavy atom. The first-order chi connectivity index (χ1) is 40.1. The van der Waals surface area contributed by atoms with Crippen molar-refractivity contribution in [3.8, 4) is 23.0 Å². The van der Waals surface area contributed by atoms with E-state index in [0.717, 1.165) is 42.9 Å². The van der Waals surface area contributed by atoms with Gasteiger partial charge in [0.1, 0.15) is 11.6 Å². The summed E-state index contributed by atoms with van der Waals surface area (Å²) in [6, 6.07) is 11.0. The van der Waals surface area contributed by atoms with E-state index < -0.39 is 52.9 Å². The number of hydrogen-bond donors (Lipinski definition) is 7. The first-order valence-electron chi connectivity index (χ1n) is 30.1.